The van der Waals surface area contributed by atoms with Gasteiger partial charge in [0.25, 0.3) is 5.91 Å². The third-order valence-corrected chi connectivity index (χ3v) is 3.10. The van der Waals surface area contributed by atoms with E-state index in [-0.39, 0.29) is 5.69 Å². The normalized spacial score (nSPS) is 17.1. The molecule has 2 rings (SSSR count). The van der Waals surface area contributed by atoms with Gasteiger partial charge in [-0.05, 0) is 12.8 Å². The van der Waals surface area contributed by atoms with Crippen LogP contribution in [0.2, 0.25) is 0 Å². The first kappa shape index (κ1) is 10.0. The van der Waals surface area contributed by atoms with Crippen molar-refractivity contribution in [1.82, 2.24) is 9.78 Å². The van der Waals surface area contributed by atoms with E-state index in [2.05, 4.69) is 5.10 Å². The van der Waals surface area contributed by atoms with Crippen LogP contribution >= 0.6 is 0 Å². The fourth-order valence-corrected chi connectivity index (χ4v) is 2.42. The predicted octanol–water partition coefficient (Wildman–Crippen LogP) is 0.759. The highest BCUT2D eigenvalue weighted by atomic mass is 16.1. The molecule has 82 valence electrons. The second-order valence-corrected chi connectivity index (χ2v) is 4.12. The topological polar surface area (TPSA) is 86.9 Å². The van der Waals surface area contributed by atoms with Crippen molar-refractivity contribution in [1.29, 1.82) is 0 Å². The average molecular weight is 208 g/mol. The lowest BCUT2D eigenvalue weighted by Gasteiger charge is -2.10. The number of nitrogen functional groups attached to an aromatic ring is 1. The van der Waals surface area contributed by atoms with Crippen LogP contribution in [0.5, 0.6) is 0 Å². The predicted molar refractivity (Wildman–Crippen MR) is 57.3 cm³/mol. The SMILES string of the molecule is Cn1nc(C(N)=O)c(N)c1C1CCCC1. The van der Waals surface area contributed by atoms with Crippen LogP contribution < -0.4 is 11.5 Å². The number of primary amides is 1. The molecular weight excluding hydrogens is 192 g/mol. The van der Waals surface area contributed by atoms with E-state index < -0.39 is 5.91 Å². The molecule has 1 amide bonds. The second kappa shape index (κ2) is 3.56. The quantitative estimate of drug-likeness (QED) is 0.752. The average Bonchev–Trinajstić information content (AvgIpc) is 2.73. The van der Waals surface area contributed by atoms with Gasteiger partial charge < -0.3 is 11.5 Å². The molecule has 1 fully saturated rings. The van der Waals surface area contributed by atoms with Crippen molar-refractivity contribution in [3.63, 3.8) is 0 Å². The Hall–Kier alpha value is -1.52. The minimum absolute atomic E-state index is 0.208. The van der Waals surface area contributed by atoms with Crippen LogP contribution in [0, 0.1) is 0 Å². The standard InChI is InChI=1S/C10H16N4O/c1-14-9(6-4-2-3-5-6)7(11)8(13-14)10(12)15/h6H,2-5,11H2,1H3,(H2,12,15). The smallest absolute Gasteiger partial charge is 0.271 e. The van der Waals surface area contributed by atoms with Crippen molar-refractivity contribution in [2.45, 2.75) is 31.6 Å². The largest absolute Gasteiger partial charge is 0.395 e. The summed E-state index contributed by atoms with van der Waals surface area (Å²) in [6.45, 7) is 0. The van der Waals surface area contributed by atoms with Crippen molar-refractivity contribution >= 4 is 11.6 Å². The monoisotopic (exact) mass is 208 g/mol. The van der Waals surface area contributed by atoms with Gasteiger partial charge in [-0.15, -0.1) is 0 Å². The molecule has 0 radical (unpaired) electrons. The summed E-state index contributed by atoms with van der Waals surface area (Å²) < 4.78 is 1.70. The Balaban J connectivity index is 2.42. The van der Waals surface area contributed by atoms with Gasteiger partial charge >= 0.3 is 0 Å². The van der Waals surface area contributed by atoms with Crippen LogP contribution in [0.4, 0.5) is 5.69 Å². The van der Waals surface area contributed by atoms with Gasteiger partial charge in [0.2, 0.25) is 0 Å². The molecule has 0 saturated heterocycles. The van der Waals surface area contributed by atoms with Gasteiger partial charge in [0.05, 0.1) is 11.4 Å². The number of nitrogens with zero attached hydrogens (tertiary/aromatic N) is 2. The molecule has 1 aromatic heterocycles. The van der Waals surface area contributed by atoms with Crippen LogP contribution in [-0.4, -0.2) is 15.7 Å². The fraction of sp³-hybridized carbons (Fsp3) is 0.600. The summed E-state index contributed by atoms with van der Waals surface area (Å²) in [5, 5.41) is 4.07. The molecule has 5 nitrogen and oxygen atoms in total. The zero-order valence-electron chi connectivity index (χ0n) is 8.86. The zero-order chi connectivity index (χ0) is 11.0. The second-order valence-electron chi connectivity index (χ2n) is 4.12. The number of anilines is 1. The van der Waals surface area contributed by atoms with Gasteiger partial charge in [0, 0.05) is 13.0 Å². The molecule has 0 bridgehead atoms. The van der Waals surface area contributed by atoms with E-state index >= 15 is 0 Å². The summed E-state index contributed by atoms with van der Waals surface area (Å²) in [5.41, 5.74) is 12.8. The number of hydrogen-bond donors (Lipinski definition) is 2. The molecule has 1 aliphatic carbocycles. The molecule has 0 atom stereocenters. The summed E-state index contributed by atoms with van der Waals surface area (Å²) >= 11 is 0. The van der Waals surface area contributed by atoms with E-state index in [1.54, 1.807) is 4.68 Å². The van der Waals surface area contributed by atoms with Gasteiger partial charge in [-0.25, -0.2) is 0 Å². The van der Waals surface area contributed by atoms with Crippen molar-refractivity contribution in [2.75, 3.05) is 5.73 Å². The molecule has 4 N–H and O–H groups in total. The molecule has 15 heavy (non-hydrogen) atoms. The number of nitrogens with two attached hydrogens (primary N) is 2. The van der Waals surface area contributed by atoms with Crippen molar-refractivity contribution in [2.24, 2.45) is 12.8 Å². The van der Waals surface area contributed by atoms with E-state index in [0.717, 1.165) is 18.5 Å². The zero-order valence-corrected chi connectivity index (χ0v) is 8.86. The number of rotatable bonds is 2. The highest BCUT2D eigenvalue weighted by molar-refractivity contribution is 5.96. The van der Waals surface area contributed by atoms with Crippen LogP contribution in [0.25, 0.3) is 0 Å². The maximum atomic E-state index is 11.1. The van der Waals surface area contributed by atoms with Gasteiger partial charge in [0.1, 0.15) is 0 Å². The first-order chi connectivity index (χ1) is 7.11. The lowest BCUT2D eigenvalue weighted by atomic mass is 10.0. The van der Waals surface area contributed by atoms with Gasteiger partial charge in [-0.2, -0.15) is 5.10 Å². The summed E-state index contributed by atoms with van der Waals surface area (Å²) in [7, 11) is 1.82. The Kier molecular flexibility index (Phi) is 2.38. The molecular formula is C10H16N4O. The molecule has 0 unspecified atom stereocenters. The molecule has 5 heteroatoms. The summed E-state index contributed by atoms with van der Waals surface area (Å²) in [4.78, 5) is 11.1. The first-order valence-electron chi connectivity index (χ1n) is 5.23. The van der Waals surface area contributed by atoms with E-state index in [1.165, 1.54) is 12.8 Å². The minimum Gasteiger partial charge on any atom is -0.395 e. The third-order valence-electron chi connectivity index (χ3n) is 3.10. The summed E-state index contributed by atoms with van der Waals surface area (Å²) in [5.74, 6) is -0.108. The number of aromatic nitrogens is 2. The molecule has 0 aromatic carbocycles. The highest BCUT2D eigenvalue weighted by Gasteiger charge is 2.26. The van der Waals surface area contributed by atoms with Crippen LogP contribution in [-0.2, 0) is 7.05 Å². The number of carbonyl (C=O) groups is 1. The van der Waals surface area contributed by atoms with Crippen molar-refractivity contribution in [3.8, 4) is 0 Å². The Morgan fingerprint density at radius 3 is 2.53 bits per heavy atom. The molecule has 0 aliphatic heterocycles. The van der Waals surface area contributed by atoms with E-state index in [0.29, 0.717) is 11.6 Å². The van der Waals surface area contributed by atoms with E-state index in [9.17, 15) is 4.79 Å². The van der Waals surface area contributed by atoms with Crippen LogP contribution in [0.15, 0.2) is 0 Å². The van der Waals surface area contributed by atoms with Crippen LogP contribution in [0.1, 0.15) is 47.8 Å². The molecule has 0 spiro atoms. The third kappa shape index (κ3) is 1.58. The van der Waals surface area contributed by atoms with E-state index in [1.807, 2.05) is 7.05 Å². The first-order valence-corrected chi connectivity index (χ1v) is 5.23. The van der Waals surface area contributed by atoms with Crippen molar-refractivity contribution in [3.05, 3.63) is 11.4 Å². The van der Waals surface area contributed by atoms with Gasteiger partial charge in [0.15, 0.2) is 5.69 Å². The van der Waals surface area contributed by atoms with Crippen molar-refractivity contribution < 1.29 is 4.79 Å². The number of aryl methyl sites for hydroxylation is 1. The number of carbonyl (C=O) groups excluding carboxylic acids is 1. The molecule has 1 saturated carbocycles. The van der Waals surface area contributed by atoms with E-state index in [4.69, 9.17) is 11.5 Å². The molecule has 1 aliphatic rings. The number of hydrogen-bond acceptors (Lipinski definition) is 3. The Morgan fingerprint density at radius 2 is 2.07 bits per heavy atom. The maximum Gasteiger partial charge on any atom is 0.271 e. The van der Waals surface area contributed by atoms with Gasteiger partial charge in [-0.3, -0.25) is 9.48 Å². The van der Waals surface area contributed by atoms with Crippen LogP contribution in [0.3, 0.4) is 0 Å². The Labute approximate surface area is 88.4 Å². The molecule has 1 heterocycles. The minimum atomic E-state index is -0.549. The summed E-state index contributed by atoms with van der Waals surface area (Å²) in [6, 6.07) is 0. The highest BCUT2D eigenvalue weighted by Crippen LogP contribution is 2.37. The molecule has 1 aromatic rings. The maximum absolute atomic E-state index is 11.1. The lowest BCUT2D eigenvalue weighted by Crippen LogP contribution is -2.13. The fourth-order valence-electron chi connectivity index (χ4n) is 2.42. The summed E-state index contributed by atoms with van der Waals surface area (Å²) in [6.07, 6.45) is 4.70. The lowest BCUT2D eigenvalue weighted by molar-refractivity contribution is 0.0995. The number of amides is 1. The Morgan fingerprint density at radius 1 is 1.47 bits per heavy atom. The Bertz CT molecular complexity index is 390. The van der Waals surface area contributed by atoms with Gasteiger partial charge in [-0.1, -0.05) is 12.8 Å².